The molecule has 0 amide bonds. The fraction of sp³-hybridized carbons (Fsp3) is 0.400. The smallest absolute Gasteiger partial charge is 0.129 e. The topological polar surface area (TPSA) is 20.2 Å². The van der Waals surface area contributed by atoms with Crippen LogP contribution in [0.25, 0.3) is 0 Å². The van der Waals surface area contributed by atoms with Crippen LogP contribution < -0.4 is 0 Å². The van der Waals surface area contributed by atoms with Crippen molar-refractivity contribution in [3.8, 4) is 0 Å². The van der Waals surface area contributed by atoms with Gasteiger partial charge in [0, 0.05) is 10.0 Å². The van der Waals surface area contributed by atoms with Gasteiger partial charge in [-0.15, -0.1) is 0 Å². The van der Waals surface area contributed by atoms with E-state index >= 15 is 0 Å². The van der Waals surface area contributed by atoms with Crippen molar-refractivity contribution in [1.82, 2.24) is 0 Å². The fourth-order valence-corrected chi connectivity index (χ4v) is 1.46. The fourth-order valence-electron chi connectivity index (χ4n) is 1.12. The minimum atomic E-state index is -1.14. The molecule has 1 aromatic rings. The van der Waals surface area contributed by atoms with Gasteiger partial charge in [0.25, 0.3) is 0 Å². The highest BCUT2D eigenvalue weighted by molar-refractivity contribution is 9.10. The van der Waals surface area contributed by atoms with Gasteiger partial charge in [0.2, 0.25) is 0 Å². The molecule has 3 heteroatoms. The Morgan fingerprint density at radius 1 is 1.38 bits per heavy atom. The Balaban J connectivity index is 3.32. The van der Waals surface area contributed by atoms with Crippen LogP contribution in [0.4, 0.5) is 4.39 Å². The molecule has 0 saturated carbocycles. The van der Waals surface area contributed by atoms with Gasteiger partial charge in [-0.05, 0) is 38.5 Å². The van der Waals surface area contributed by atoms with E-state index in [9.17, 15) is 9.50 Å². The molecule has 1 rings (SSSR count). The van der Waals surface area contributed by atoms with Crippen LogP contribution in [0.5, 0.6) is 0 Å². The molecule has 0 saturated heterocycles. The van der Waals surface area contributed by atoms with E-state index in [0.29, 0.717) is 5.56 Å². The molecule has 0 atom stereocenters. The first-order valence-corrected chi connectivity index (χ1v) is 4.80. The predicted molar refractivity (Wildman–Crippen MR) is 54.1 cm³/mol. The number of halogens is 2. The molecule has 1 aromatic carbocycles. The van der Waals surface area contributed by atoms with Crippen LogP contribution >= 0.6 is 15.9 Å². The molecule has 0 aliphatic heterocycles. The number of aryl methyl sites for hydroxylation is 1. The average Bonchev–Trinajstić information content (AvgIpc) is 1.94. The third kappa shape index (κ3) is 2.29. The van der Waals surface area contributed by atoms with Crippen molar-refractivity contribution in [3.63, 3.8) is 0 Å². The first-order valence-electron chi connectivity index (χ1n) is 4.01. The molecule has 0 aliphatic carbocycles. The monoisotopic (exact) mass is 246 g/mol. The summed E-state index contributed by atoms with van der Waals surface area (Å²) >= 11 is 3.29. The van der Waals surface area contributed by atoms with Crippen molar-refractivity contribution in [1.29, 1.82) is 0 Å². The molecule has 13 heavy (non-hydrogen) atoms. The third-order valence-electron chi connectivity index (χ3n) is 1.91. The van der Waals surface area contributed by atoms with Gasteiger partial charge < -0.3 is 5.11 Å². The second-order valence-corrected chi connectivity index (χ2v) is 4.49. The van der Waals surface area contributed by atoms with E-state index in [1.807, 2.05) is 0 Å². The van der Waals surface area contributed by atoms with Crippen LogP contribution in [-0.4, -0.2) is 5.11 Å². The van der Waals surface area contributed by atoms with Crippen LogP contribution in [0.1, 0.15) is 25.0 Å². The van der Waals surface area contributed by atoms with Crippen molar-refractivity contribution >= 4 is 15.9 Å². The van der Waals surface area contributed by atoms with Crippen LogP contribution in [0.15, 0.2) is 16.6 Å². The zero-order chi connectivity index (χ0) is 10.2. The van der Waals surface area contributed by atoms with E-state index in [4.69, 9.17) is 0 Å². The molecule has 0 fully saturated rings. The summed E-state index contributed by atoms with van der Waals surface area (Å²) in [7, 11) is 0. The molecule has 0 spiro atoms. The van der Waals surface area contributed by atoms with Crippen LogP contribution in [0.2, 0.25) is 0 Å². The Morgan fingerprint density at radius 2 is 1.92 bits per heavy atom. The third-order valence-corrected chi connectivity index (χ3v) is 2.76. The molecule has 0 radical (unpaired) electrons. The van der Waals surface area contributed by atoms with Crippen molar-refractivity contribution in [2.24, 2.45) is 0 Å². The minimum Gasteiger partial charge on any atom is -0.386 e. The minimum absolute atomic E-state index is 0.310. The number of hydrogen-bond acceptors (Lipinski definition) is 1. The molecule has 0 aliphatic rings. The largest absolute Gasteiger partial charge is 0.386 e. The zero-order valence-electron chi connectivity index (χ0n) is 7.86. The molecule has 0 unspecified atom stereocenters. The molecule has 1 nitrogen and oxygen atoms in total. The Morgan fingerprint density at radius 3 is 2.38 bits per heavy atom. The van der Waals surface area contributed by atoms with E-state index in [0.717, 1.165) is 10.0 Å². The van der Waals surface area contributed by atoms with Crippen molar-refractivity contribution in [2.75, 3.05) is 0 Å². The quantitative estimate of drug-likeness (QED) is 0.808. The number of aliphatic hydroxyl groups is 1. The van der Waals surface area contributed by atoms with E-state index in [1.54, 1.807) is 26.8 Å². The standard InChI is InChI=1S/C10H12BrFO/c1-6-4-9(12)7(5-8(6)11)10(2,3)13/h4-5,13H,1-3H3. The van der Waals surface area contributed by atoms with Gasteiger partial charge in [0.15, 0.2) is 0 Å². The summed E-state index contributed by atoms with van der Waals surface area (Å²) in [4.78, 5) is 0. The Kier molecular flexibility index (Phi) is 2.78. The number of rotatable bonds is 1. The number of hydrogen-bond donors (Lipinski definition) is 1. The van der Waals surface area contributed by atoms with Gasteiger partial charge in [-0.1, -0.05) is 15.9 Å². The second kappa shape index (κ2) is 3.39. The predicted octanol–water partition coefficient (Wildman–Crippen LogP) is 3.12. The lowest BCUT2D eigenvalue weighted by atomic mass is 9.97. The van der Waals surface area contributed by atoms with Crippen molar-refractivity contribution < 1.29 is 9.50 Å². The summed E-state index contributed by atoms with van der Waals surface area (Å²) in [6.07, 6.45) is 0. The van der Waals surface area contributed by atoms with E-state index in [2.05, 4.69) is 15.9 Å². The maximum atomic E-state index is 13.3. The summed E-state index contributed by atoms with van der Waals surface area (Å²) < 4.78 is 14.2. The van der Waals surface area contributed by atoms with E-state index in [-0.39, 0.29) is 5.82 Å². The Bertz CT molecular complexity index is 328. The van der Waals surface area contributed by atoms with Gasteiger partial charge in [0.05, 0.1) is 5.60 Å². The Labute approximate surface area is 85.7 Å². The zero-order valence-corrected chi connectivity index (χ0v) is 9.44. The summed E-state index contributed by atoms with van der Waals surface area (Å²) in [5, 5.41) is 9.62. The Hall–Kier alpha value is -0.410. The highest BCUT2D eigenvalue weighted by Gasteiger charge is 2.21. The maximum absolute atomic E-state index is 13.3. The van der Waals surface area contributed by atoms with Crippen molar-refractivity contribution in [3.05, 3.63) is 33.5 Å². The molecule has 1 N–H and O–H groups in total. The van der Waals surface area contributed by atoms with Crippen LogP contribution in [-0.2, 0) is 5.60 Å². The highest BCUT2D eigenvalue weighted by Crippen LogP contribution is 2.28. The molecule has 72 valence electrons. The molecule has 0 bridgehead atoms. The molecular formula is C10H12BrFO. The lowest BCUT2D eigenvalue weighted by molar-refractivity contribution is 0.0744. The highest BCUT2D eigenvalue weighted by atomic mass is 79.9. The van der Waals surface area contributed by atoms with E-state index < -0.39 is 5.60 Å². The summed E-state index contributed by atoms with van der Waals surface area (Å²) in [5.74, 6) is -0.367. The van der Waals surface area contributed by atoms with E-state index in [1.165, 1.54) is 6.07 Å². The summed E-state index contributed by atoms with van der Waals surface area (Å²) in [6.45, 7) is 4.93. The van der Waals surface area contributed by atoms with Gasteiger partial charge in [-0.2, -0.15) is 0 Å². The summed E-state index contributed by atoms with van der Waals surface area (Å²) in [6, 6.07) is 3.03. The maximum Gasteiger partial charge on any atom is 0.129 e. The number of benzene rings is 1. The van der Waals surface area contributed by atoms with Gasteiger partial charge in [-0.25, -0.2) is 4.39 Å². The van der Waals surface area contributed by atoms with Crippen LogP contribution in [0.3, 0.4) is 0 Å². The SMILES string of the molecule is Cc1cc(F)c(C(C)(C)O)cc1Br. The van der Waals surface area contributed by atoms with Gasteiger partial charge >= 0.3 is 0 Å². The van der Waals surface area contributed by atoms with Gasteiger partial charge in [-0.3, -0.25) is 0 Å². The lowest BCUT2D eigenvalue weighted by Gasteiger charge is -2.19. The summed E-state index contributed by atoms with van der Waals surface area (Å²) in [5.41, 5.74) is -0.00389. The van der Waals surface area contributed by atoms with Crippen LogP contribution in [0, 0.1) is 12.7 Å². The average molecular weight is 247 g/mol. The lowest BCUT2D eigenvalue weighted by Crippen LogP contribution is -2.17. The first kappa shape index (κ1) is 10.7. The van der Waals surface area contributed by atoms with Crippen molar-refractivity contribution in [2.45, 2.75) is 26.4 Å². The normalized spacial score (nSPS) is 11.8. The molecule has 0 heterocycles. The second-order valence-electron chi connectivity index (χ2n) is 3.64. The molecular weight excluding hydrogens is 235 g/mol. The van der Waals surface area contributed by atoms with Gasteiger partial charge in [0.1, 0.15) is 5.82 Å². The molecule has 0 aromatic heterocycles. The first-order chi connectivity index (χ1) is 5.82.